The van der Waals surface area contributed by atoms with E-state index < -0.39 is 38.7 Å². The van der Waals surface area contributed by atoms with Gasteiger partial charge in [0.1, 0.15) is 0 Å². The first kappa shape index (κ1) is 22.2. The average Bonchev–Trinajstić information content (AvgIpc) is 1.83. The van der Waals surface area contributed by atoms with Crippen molar-refractivity contribution in [1.29, 1.82) is 0 Å². The molecule has 0 bridgehead atoms. The molecule has 0 spiro atoms. The molecule has 0 heterocycles. The van der Waals surface area contributed by atoms with Crippen LogP contribution in [0.5, 0.6) is 0 Å². The van der Waals surface area contributed by atoms with E-state index in [9.17, 15) is 0 Å². The Morgan fingerprint density at radius 1 is 0.571 bits per heavy atom. The van der Waals surface area contributed by atoms with Crippen LogP contribution in [0.15, 0.2) is 0 Å². The molecule has 0 radical (unpaired) electrons. The van der Waals surface area contributed by atoms with E-state index >= 15 is 0 Å². The van der Waals surface area contributed by atoms with Crippen molar-refractivity contribution < 1.29 is 32.7 Å². The molecule has 0 fully saturated rings. The van der Waals surface area contributed by atoms with Crippen molar-refractivity contribution in [2.24, 2.45) is 0 Å². The van der Waals surface area contributed by atoms with Crippen LogP contribution in [0.2, 0.25) is 39.3 Å². The third kappa shape index (κ3) is 12.3. The molecule has 0 atom stereocenters. The van der Waals surface area contributed by atoms with E-state index in [0.717, 1.165) is 0 Å². The zero-order valence-corrected chi connectivity index (χ0v) is 20.6. The Balaban J connectivity index is 5.70. The summed E-state index contributed by atoms with van der Waals surface area (Å²) in [4.78, 5) is 0. The van der Waals surface area contributed by atoms with Gasteiger partial charge in [0.05, 0.1) is 0 Å². The van der Waals surface area contributed by atoms with Gasteiger partial charge >= 0.3 is 141 Å². The molecule has 0 aliphatic rings. The fourth-order valence-electron chi connectivity index (χ4n) is 1.63. The summed E-state index contributed by atoms with van der Waals surface area (Å²) in [5, 5.41) is 0. The molecule has 0 aromatic carbocycles. The van der Waals surface area contributed by atoms with Crippen molar-refractivity contribution >= 4 is 16.6 Å². The Morgan fingerprint density at radius 3 is 0.952 bits per heavy atom. The van der Waals surface area contributed by atoms with E-state index in [1.807, 2.05) is 41.5 Å². The molecule has 0 rings (SSSR count). The van der Waals surface area contributed by atoms with E-state index in [1.165, 1.54) is 0 Å². The summed E-state index contributed by atoms with van der Waals surface area (Å²) in [6.45, 7) is 25.1. The van der Waals surface area contributed by atoms with Gasteiger partial charge in [0.2, 0.25) is 0 Å². The van der Waals surface area contributed by atoms with Gasteiger partial charge in [0, 0.05) is 0 Å². The molecule has 7 heteroatoms. The van der Waals surface area contributed by atoms with Gasteiger partial charge in [-0.2, -0.15) is 0 Å². The van der Waals surface area contributed by atoms with Gasteiger partial charge in [-0.25, -0.2) is 0 Å². The fraction of sp³-hybridized carbons (Fsp3) is 1.00. The van der Waals surface area contributed by atoms with Crippen LogP contribution in [0.3, 0.4) is 0 Å². The third-order valence-corrected chi connectivity index (χ3v) is 20.4. The predicted molar refractivity (Wildman–Crippen MR) is 90.5 cm³/mol. The van der Waals surface area contributed by atoms with E-state index in [-0.39, 0.29) is 11.2 Å². The summed E-state index contributed by atoms with van der Waals surface area (Å²) >= 11 is -4.12. The molecule has 21 heavy (non-hydrogen) atoms. The molecular weight excluding hydrogens is 380 g/mol. The van der Waals surface area contributed by atoms with E-state index in [1.54, 1.807) is 0 Å². The molecule has 0 aliphatic heterocycles. The second-order valence-electron chi connectivity index (χ2n) is 9.36. The second-order valence-corrected chi connectivity index (χ2v) is 24.7. The van der Waals surface area contributed by atoms with Crippen LogP contribution in [-0.2, 0) is 32.7 Å². The second kappa shape index (κ2) is 6.95. The third-order valence-electron chi connectivity index (χ3n) is 1.72. The summed E-state index contributed by atoms with van der Waals surface area (Å²) in [7, 11) is -3.70. The zero-order valence-electron chi connectivity index (χ0n) is 16.1. The SMILES string of the molecule is CC(C)(C)[O][Zr]([O]C(C)(C)C)([O][Si](C)(C)C)[O][Si](C)(C)C. The minimum absolute atomic E-state index is 0.347. The first-order valence-corrected chi connectivity index (χ1v) is 18.5. The Morgan fingerprint density at radius 2 is 0.810 bits per heavy atom. The zero-order chi connectivity index (χ0) is 17.3. The van der Waals surface area contributed by atoms with Crippen molar-refractivity contribution in [2.45, 2.75) is 92.0 Å². The van der Waals surface area contributed by atoms with Gasteiger partial charge in [-0.3, -0.25) is 0 Å². The fourth-order valence-corrected chi connectivity index (χ4v) is 20.5. The van der Waals surface area contributed by atoms with Gasteiger partial charge in [0.25, 0.3) is 0 Å². The monoisotopic (exact) mass is 414 g/mol. The van der Waals surface area contributed by atoms with E-state index in [4.69, 9.17) is 10.6 Å². The van der Waals surface area contributed by atoms with E-state index in [0.29, 0.717) is 0 Å². The summed E-state index contributed by atoms with van der Waals surface area (Å²) in [5.74, 6) is 0. The topological polar surface area (TPSA) is 36.9 Å². The Hall–Kier alpha value is 1.16. The summed E-state index contributed by atoms with van der Waals surface area (Å²) in [6.07, 6.45) is 0. The molecule has 0 unspecified atom stereocenters. The van der Waals surface area contributed by atoms with Gasteiger partial charge < -0.3 is 0 Å². The summed E-state index contributed by atoms with van der Waals surface area (Å²) < 4.78 is 25.7. The van der Waals surface area contributed by atoms with Crippen LogP contribution in [0.4, 0.5) is 0 Å². The van der Waals surface area contributed by atoms with Gasteiger partial charge in [-0.15, -0.1) is 0 Å². The molecule has 0 aliphatic carbocycles. The van der Waals surface area contributed by atoms with Crippen LogP contribution in [-0.4, -0.2) is 27.8 Å². The van der Waals surface area contributed by atoms with Crippen LogP contribution in [0.1, 0.15) is 41.5 Å². The van der Waals surface area contributed by atoms with Crippen LogP contribution in [0, 0.1) is 0 Å². The molecule has 0 saturated carbocycles. The Labute approximate surface area is 141 Å². The first-order chi connectivity index (χ1) is 8.83. The van der Waals surface area contributed by atoms with E-state index in [2.05, 4.69) is 39.3 Å². The molecule has 0 saturated heterocycles. The van der Waals surface area contributed by atoms with Gasteiger partial charge in [-0.1, -0.05) is 0 Å². The first-order valence-electron chi connectivity index (χ1n) is 7.63. The maximum absolute atomic E-state index is 6.47. The van der Waals surface area contributed by atoms with Gasteiger partial charge in [-0.05, 0) is 0 Å². The van der Waals surface area contributed by atoms with Crippen LogP contribution >= 0.6 is 0 Å². The molecular formula is C14H36O4Si2Zr. The maximum atomic E-state index is 6.47. The molecule has 0 amide bonds. The summed E-state index contributed by atoms with van der Waals surface area (Å²) in [6, 6.07) is 0. The average molecular weight is 416 g/mol. The Bertz CT molecular complexity index is 265. The van der Waals surface area contributed by atoms with Crippen molar-refractivity contribution in [2.75, 3.05) is 0 Å². The molecule has 4 nitrogen and oxygen atoms in total. The van der Waals surface area contributed by atoms with Crippen molar-refractivity contribution in [3.63, 3.8) is 0 Å². The standard InChI is InChI=1S/2C4H9O.2C3H9OSi.Zr/c2*1-4(2,3)5;2*1-5(2,3)4;/h4*1-3H3;/q4*-1;+4. The molecule has 0 aromatic heterocycles. The summed E-state index contributed by atoms with van der Waals surface area (Å²) in [5.41, 5.74) is -0.693. The van der Waals surface area contributed by atoms with Crippen LogP contribution < -0.4 is 0 Å². The Kier molecular flexibility index (Phi) is 7.34. The number of rotatable bonds is 6. The quantitative estimate of drug-likeness (QED) is 0.563. The van der Waals surface area contributed by atoms with Gasteiger partial charge in [0.15, 0.2) is 0 Å². The van der Waals surface area contributed by atoms with Crippen LogP contribution in [0.25, 0.3) is 0 Å². The minimum atomic E-state index is -4.12. The van der Waals surface area contributed by atoms with Crippen molar-refractivity contribution in [1.82, 2.24) is 0 Å². The van der Waals surface area contributed by atoms with Crippen molar-refractivity contribution in [3.05, 3.63) is 0 Å². The molecule has 128 valence electrons. The molecule has 0 aromatic rings. The number of hydrogen-bond acceptors (Lipinski definition) is 4. The molecule has 0 N–H and O–H groups in total. The number of hydrogen-bond donors (Lipinski definition) is 0. The predicted octanol–water partition coefficient (Wildman–Crippen LogP) is 5.13. The normalized spacial score (nSPS) is 15.4. The van der Waals surface area contributed by atoms with Crippen molar-refractivity contribution in [3.8, 4) is 0 Å².